The third kappa shape index (κ3) is 5.65. The molecule has 12 heteroatoms. The van der Waals surface area contributed by atoms with Crippen molar-refractivity contribution < 1.29 is 17.9 Å². The minimum absolute atomic E-state index is 0.0817. The topological polar surface area (TPSA) is 107 Å². The number of likely N-dealkylation sites (tertiary alicyclic amines) is 1. The van der Waals surface area contributed by atoms with Gasteiger partial charge in [0.1, 0.15) is 17.7 Å². The van der Waals surface area contributed by atoms with Crippen LogP contribution in [0, 0.1) is 0 Å². The fourth-order valence-electron chi connectivity index (χ4n) is 4.09. The van der Waals surface area contributed by atoms with Gasteiger partial charge in [-0.15, -0.1) is 0 Å². The number of nitrogens with zero attached hydrogens (tertiary/aromatic N) is 5. The van der Waals surface area contributed by atoms with Gasteiger partial charge in [0.05, 0.1) is 12.2 Å². The third-order valence-electron chi connectivity index (χ3n) is 5.89. The summed E-state index contributed by atoms with van der Waals surface area (Å²) >= 11 is 6.18. The second kappa shape index (κ2) is 10.4. The molecule has 0 aliphatic carbocycles. The molecule has 4 heterocycles. The van der Waals surface area contributed by atoms with Gasteiger partial charge in [-0.2, -0.15) is 12.7 Å². The Balaban J connectivity index is 1.33. The molecule has 33 heavy (non-hydrogen) atoms. The largest absolute Gasteiger partial charge is 0.472 e. The van der Waals surface area contributed by atoms with Gasteiger partial charge in [0.25, 0.3) is 10.2 Å². The predicted octanol–water partition coefficient (Wildman–Crippen LogP) is 1.01. The maximum absolute atomic E-state index is 12.3. The molecular formula is C21H29ClN6O4S. The first-order valence-electron chi connectivity index (χ1n) is 11.2. The van der Waals surface area contributed by atoms with Crippen molar-refractivity contribution in [3.63, 3.8) is 0 Å². The molecule has 2 saturated heterocycles. The maximum atomic E-state index is 12.3. The van der Waals surface area contributed by atoms with Crippen LogP contribution >= 0.6 is 11.6 Å². The number of hydrogen-bond donors (Lipinski definition) is 1. The first-order chi connectivity index (χ1) is 15.9. The zero-order valence-electron chi connectivity index (χ0n) is 18.6. The number of aromatic nitrogens is 1. The zero-order chi connectivity index (χ0) is 23.4. The van der Waals surface area contributed by atoms with E-state index in [2.05, 4.69) is 19.6 Å². The Labute approximate surface area is 199 Å². The third-order valence-corrected chi connectivity index (χ3v) is 7.91. The lowest BCUT2D eigenvalue weighted by Gasteiger charge is -2.35. The summed E-state index contributed by atoms with van der Waals surface area (Å²) in [6.07, 6.45) is 4.82. The summed E-state index contributed by atoms with van der Waals surface area (Å²) < 4.78 is 34.9. The number of rotatable bonds is 8. The van der Waals surface area contributed by atoms with Crippen LogP contribution in [0.3, 0.4) is 0 Å². The van der Waals surface area contributed by atoms with Crippen molar-refractivity contribution in [2.24, 2.45) is 4.99 Å². The van der Waals surface area contributed by atoms with E-state index >= 15 is 0 Å². The summed E-state index contributed by atoms with van der Waals surface area (Å²) in [6, 6.07) is 3.79. The summed E-state index contributed by atoms with van der Waals surface area (Å²) in [6.45, 7) is 5.82. The standard InChI is InChI=1S/C21H29ClN6O4S/c1-2-5-25-33(30,31)28-10-8-26(9-11-28)16-3-6-24-20(12-16)32-17-4-7-27(15-17)18-13-23-14-19(29)21(18)22/h3,6,12-13,17,25H,2,4-5,7-11,14-15H2,1H3/t17-/m1/s1. The number of ether oxygens (including phenoxy) is 1. The fraction of sp³-hybridized carbons (Fsp3) is 0.571. The normalized spacial score (nSPS) is 22.4. The summed E-state index contributed by atoms with van der Waals surface area (Å²) in [7, 11) is -3.43. The van der Waals surface area contributed by atoms with Gasteiger partial charge in [0, 0.05) is 69.9 Å². The maximum Gasteiger partial charge on any atom is 0.279 e. The van der Waals surface area contributed by atoms with E-state index in [9.17, 15) is 13.2 Å². The molecular weight excluding hydrogens is 468 g/mol. The Morgan fingerprint density at radius 1 is 1.21 bits per heavy atom. The molecule has 180 valence electrons. The number of carbonyl (C=O) groups excluding carboxylic acids is 1. The average Bonchev–Trinajstić information content (AvgIpc) is 3.28. The Morgan fingerprint density at radius 2 is 2.00 bits per heavy atom. The molecule has 0 bridgehead atoms. The van der Waals surface area contributed by atoms with Crippen LogP contribution in [0.1, 0.15) is 19.8 Å². The van der Waals surface area contributed by atoms with Crippen molar-refractivity contribution in [3.8, 4) is 5.88 Å². The SMILES string of the molecule is CCCNS(=O)(=O)N1CCN(c2ccnc(O[C@@H]3CCN(C4=C(Cl)C(=O)CN=C4)C3)c2)CC1. The summed E-state index contributed by atoms with van der Waals surface area (Å²) in [5.41, 5.74) is 1.60. The van der Waals surface area contributed by atoms with Crippen LogP contribution in [0.2, 0.25) is 0 Å². The lowest BCUT2D eigenvalue weighted by atomic mass is 10.2. The Hall–Kier alpha value is -2.21. The molecule has 3 aliphatic rings. The molecule has 0 unspecified atom stereocenters. The molecule has 10 nitrogen and oxygen atoms in total. The number of dihydropyridines is 1. The van der Waals surface area contributed by atoms with Crippen molar-refractivity contribution in [2.45, 2.75) is 25.9 Å². The zero-order valence-corrected chi connectivity index (χ0v) is 20.2. The van der Waals surface area contributed by atoms with E-state index in [0.29, 0.717) is 50.8 Å². The van der Waals surface area contributed by atoms with E-state index in [1.54, 1.807) is 12.4 Å². The van der Waals surface area contributed by atoms with Crippen molar-refractivity contribution in [1.29, 1.82) is 0 Å². The quantitative estimate of drug-likeness (QED) is 0.572. The van der Waals surface area contributed by atoms with E-state index in [0.717, 1.165) is 25.1 Å². The lowest BCUT2D eigenvalue weighted by molar-refractivity contribution is -0.113. The molecule has 0 spiro atoms. The fourth-order valence-corrected chi connectivity index (χ4v) is 5.60. The Bertz CT molecular complexity index is 1040. The molecule has 1 aromatic heterocycles. The molecule has 0 radical (unpaired) electrons. The van der Waals surface area contributed by atoms with Crippen molar-refractivity contribution in [2.75, 3.05) is 57.3 Å². The first-order valence-corrected chi connectivity index (χ1v) is 13.0. The van der Waals surface area contributed by atoms with Gasteiger partial charge in [-0.1, -0.05) is 18.5 Å². The molecule has 1 atom stereocenters. The van der Waals surface area contributed by atoms with Crippen LogP contribution < -0.4 is 14.4 Å². The number of allylic oxidation sites excluding steroid dienone is 1. The van der Waals surface area contributed by atoms with Gasteiger partial charge >= 0.3 is 0 Å². The highest BCUT2D eigenvalue weighted by Gasteiger charge is 2.30. The summed E-state index contributed by atoms with van der Waals surface area (Å²) in [4.78, 5) is 24.4. The van der Waals surface area contributed by atoms with Crippen LogP contribution in [0.15, 0.2) is 34.1 Å². The van der Waals surface area contributed by atoms with E-state index in [1.165, 1.54) is 4.31 Å². The van der Waals surface area contributed by atoms with E-state index in [1.807, 2.05) is 24.0 Å². The van der Waals surface area contributed by atoms with E-state index in [4.69, 9.17) is 16.3 Å². The first kappa shape index (κ1) is 23.9. The van der Waals surface area contributed by atoms with E-state index in [-0.39, 0.29) is 23.5 Å². The summed E-state index contributed by atoms with van der Waals surface area (Å²) in [5, 5.41) is 0.233. The molecule has 3 aliphatic heterocycles. The Morgan fingerprint density at radius 3 is 2.76 bits per heavy atom. The average molecular weight is 497 g/mol. The Kier molecular flexibility index (Phi) is 7.52. The van der Waals surface area contributed by atoms with Crippen LogP contribution in [-0.2, 0) is 15.0 Å². The smallest absolute Gasteiger partial charge is 0.279 e. The molecule has 0 saturated carbocycles. The highest BCUT2D eigenvalue weighted by Crippen LogP contribution is 2.26. The van der Waals surface area contributed by atoms with Gasteiger partial charge in [0.15, 0.2) is 5.78 Å². The second-order valence-corrected chi connectivity index (χ2v) is 10.3. The van der Waals surface area contributed by atoms with Gasteiger partial charge in [-0.25, -0.2) is 9.71 Å². The van der Waals surface area contributed by atoms with Crippen molar-refractivity contribution in [3.05, 3.63) is 29.1 Å². The number of anilines is 1. The molecule has 1 aromatic rings. The van der Waals surface area contributed by atoms with Gasteiger partial charge in [0.2, 0.25) is 5.88 Å². The van der Waals surface area contributed by atoms with Gasteiger partial charge in [-0.05, 0) is 12.5 Å². The number of piperazine rings is 1. The number of ketones is 1. The number of halogens is 1. The van der Waals surface area contributed by atoms with Crippen LogP contribution in [0.4, 0.5) is 5.69 Å². The minimum Gasteiger partial charge on any atom is -0.472 e. The van der Waals surface area contributed by atoms with E-state index < -0.39 is 10.2 Å². The molecule has 4 rings (SSSR count). The van der Waals surface area contributed by atoms with Crippen molar-refractivity contribution in [1.82, 2.24) is 18.9 Å². The van der Waals surface area contributed by atoms with Crippen LogP contribution in [0.25, 0.3) is 0 Å². The van der Waals surface area contributed by atoms with Gasteiger partial charge < -0.3 is 14.5 Å². The summed E-state index contributed by atoms with van der Waals surface area (Å²) in [5.74, 6) is 0.356. The minimum atomic E-state index is -3.43. The van der Waals surface area contributed by atoms with Crippen LogP contribution in [0.5, 0.6) is 5.88 Å². The van der Waals surface area contributed by atoms with Gasteiger partial charge in [-0.3, -0.25) is 9.79 Å². The second-order valence-electron chi connectivity index (χ2n) is 8.20. The van der Waals surface area contributed by atoms with Crippen molar-refractivity contribution >= 4 is 39.5 Å². The molecule has 2 fully saturated rings. The number of carbonyl (C=O) groups is 1. The highest BCUT2D eigenvalue weighted by atomic mass is 35.5. The molecule has 1 N–H and O–H groups in total. The highest BCUT2D eigenvalue weighted by molar-refractivity contribution is 7.87. The molecule has 0 amide bonds. The lowest BCUT2D eigenvalue weighted by Crippen LogP contribution is -2.52. The number of hydrogen-bond acceptors (Lipinski definition) is 8. The monoisotopic (exact) mass is 496 g/mol. The van der Waals surface area contributed by atoms with Crippen LogP contribution in [-0.4, -0.2) is 93.1 Å². The number of aliphatic imine (C=N–C) groups is 1. The number of Topliss-reactive ketones (excluding diaryl/α,β-unsaturated/α-hetero) is 1. The number of nitrogens with one attached hydrogen (secondary N) is 1. The molecule has 0 aromatic carbocycles. The number of pyridine rings is 1. The predicted molar refractivity (Wildman–Crippen MR) is 127 cm³/mol.